The number of hydrogen-bond acceptors (Lipinski definition) is 5. The molecule has 30 heavy (non-hydrogen) atoms. The number of carbonyl (C=O) groups excluding carboxylic acids is 1. The number of amides is 1. The van der Waals surface area contributed by atoms with Crippen molar-refractivity contribution in [3.8, 4) is 0 Å². The number of halogens is 1. The first-order valence-corrected chi connectivity index (χ1v) is 11.7. The van der Waals surface area contributed by atoms with Gasteiger partial charge in [0.15, 0.2) is 0 Å². The van der Waals surface area contributed by atoms with E-state index in [1.54, 1.807) is 36.0 Å². The third-order valence-electron chi connectivity index (χ3n) is 4.74. The molecule has 0 bridgehead atoms. The van der Waals surface area contributed by atoms with Crippen molar-refractivity contribution >= 4 is 27.7 Å². The molecule has 156 valence electrons. The minimum absolute atomic E-state index is 0.00778. The van der Waals surface area contributed by atoms with E-state index in [0.29, 0.717) is 12.2 Å². The highest BCUT2D eigenvalue weighted by molar-refractivity contribution is 7.99. The quantitative estimate of drug-likeness (QED) is 0.600. The van der Waals surface area contributed by atoms with Gasteiger partial charge in [-0.2, -0.15) is 0 Å². The molecule has 2 heterocycles. The summed E-state index contributed by atoms with van der Waals surface area (Å²) in [5.74, 6) is 0.513. The Morgan fingerprint density at radius 2 is 2.03 bits per heavy atom. The van der Waals surface area contributed by atoms with Gasteiger partial charge in [-0.3, -0.25) is 4.79 Å². The second-order valence-corrected chi connectivity index (χ2v) is 9.68. The van der Waals surface area contributed by atoms with Gasteiger partial charge in [-0.15, -0.1) is 11.8 Å². The molecular weight excluding hydrogens is 427 g/mol. The normalized spacial score (nSPS) is 16.1. The lowest BCUT2D eigenvalue weighted by molar-refractivity contribution is 0.0934. The molecule has 2 N–H and O–H groups in total. The van der Waals surface area contributed by atoms with E-state index in [1.807, 2.05) is 0 Å². The van der Waals surface area contributed by atoms with Crippen LogP contribution >= 0.6 is 11.8 Å². The van der Waals surface area contributed by atoms with E-state index in [1.165, 1.54) is 36.6 Å². The van der Waals surface area contributed by atoms with Crippen molar-refractivity contribution in [2.24, 2.45) is 0 Å². The lowest BCUT2D eigenvalue weighted by Crippen LogP contribution is -2.31. The first-order chi connectivity index (χ1) is 14.4. The average Bonchev–Trinajstić information content (AvgIpc) is 3.27. The Hall–Kier alpha value is -2.62. The topological polar surface area (TPSA) is 88.4 Å². The molecule has 0 fully saturated rings. The smallest absolute Gasteiger partial charge is 0.251 e. The third-order valence-corrected chi connectivity index (χ3v) is 7.26. The molecule has 2 aromatic carbocycles. The molecule has 0 spiro atoms. The van der Waals surface area contributed by atoms with Crippen LogP contribution in [0.2, 0.25) is 0 Å². The van der Waals surface area contributed by atoms with E-state index >= 15 is 0 Å². The summed E-state index contributed by atoms with van der Waals surface area (Å²) in [5, 5.41) is 2.90. The molecule has 0 unspecified atom stereocenters. The van der Waals surface area contributed by atoms with Crippen LogP contribution < -0.4 is 10.0 Å². The number of furan rings is 1. The van der Waals surface area contributed by atoms with Crippen molar-refractivity contribution in [1.29, 1.82) is 0 Å². The minimum atomic E-state index is -3.82. The van der Waals surface area contributed by atoms with Crippen LogP contribution in [0.5, 0.6) is 0 Å². The molecule has 1 atom stereocenters. The SMILES string of the molecule is O=C(N[C@H]1CCSc2ccc(F)cc21)c1cccc(S(=O)(=O)NCc2ccco2)c1. The van der Waals surface area contributed by atoms with Crippen molar-refractivity contribution in [1.82, 2.24) is 10.0 Å². The van der Waals surface area contributed by atoms with Crippen LogP contribution in [0.1, 0.15) is 34.1 Å². The van der Waals surface area contributed by atoms with Crippen LogP contribution in [0.3, 0.4) is 0 Å². The van der Waals surface area contributed by atoms with Crippen molar-refractivity contribution in [2.45, 2.75) is 28.8 Å². The van der Waals surface area contributed by atoms with Gasteiger partial charge in [0.25, 0.3) is 5.91 Å². The highest BCUT2D eigenvalue weighted by Crippen LogP contribution is 2.36. The number of nitrogens with one attached hydrogen (secondary N) is 2. The number of sulfonamides is 1. The first kappa shape index (κ1) is 20.6. The second-order valence-electron chi connectivity index (χ2n) is 6.78. The van der Waals surface area contributed by atoms with Crippen LogP contribution in [0, 0.1) is 5.82 Å². The van der Waals surface area contributed by atoms with Crippen LogP contribution in [-0.4, -0.2) is 20.1 Å². The van der Waals surface area contributed by atoms with Crippen molar-refractivity contribution in [3.05, 3.63) is 83.6 Å². The molecule has 1 aliphatic rings. The molecule has 6 nitrogen and oxygen atoms in total. The Bertz CT molecular complexity index is 1160. The molecule has 0 saturated heterocycles. The van der Waals surface area contributed by atoms with Crippen molar-refractivity contribution < 1.29 is 22.0 Å². The third kappa shape index (κ3) is 4.58. The maximum absolute atomic E-state index is 13.7. The minimum Gasteiger partial charge on any atom is -0.468 e. The van der Waals surface area contributed by atoms with E-state index in [-0.39, 0.29) is 28.9 Å². The number of fused-ring (bicyclic) bond motifs is 1. The predicted octanol–water partition coefficient (Wildman–Crippen LogP) is 3.86. The number of carbonyl (C=O) groups is 1. The number of hydrogen-bond donors (Lipinski definition) is 2. The predicted molar refractivity (Wildman–Crippen MR) is 111 cm³/mol. The Morgan fingerprint density at radius 1 is 1.17 bits per heavy atom. The number of thioether (sulfide) groups is 1. The van der Waals surface area contributed by atoms with Crippen LogP contribution in [0.4, 0.5) is 4.39 Å². The zero-order chi connectivity index (χ0) is 21.1. The van der Waals surface area contributed by atoms with Crippen molar-refractivity contribution in [2.75, 3.05) is 5.75 Å². The van der Waals surface area contributed by atoms with Gasteiger partial charge in [-0.05, 0) is 60.5 Å². The zero-order valence-electron chi connectivity index (χ0n) is 15.8. The molecule has 0 aliphatic carbocycles. The molecule has 1 aromatic heterocycles. The van der Waals surface area contributed by atoms with Gasteiger partial charge in [-0.25, -0.2) is 17.5 Å². The van der Waals surface area contributed by atoms with E-state index < -0.39 is 15.9 Å². The summed E-state index contributed by atoms with van der Waals surface area (Å²) in [6.07, 6.45) is 2.12. The summed E-state index contributed by atoms with van der Waals surface area (Å²) < 4.78 is 46.4. The van der Waals surface area contributed by atoms with E-state index in [4.69, 9.17) is 4.42 Å². The van der Waals surface area contributed by atoms with Gasteiger partial charge >= 0.3 is 0 Å². The fraction of sp³-hybridized carbons (Fsp3) is 0.190. The summed E-state index contributed by atoms with van der Waals surface area (Å²) in [6.45, 7) is 0.00778. The molecular formula is C21H19FN2O4S2. The molecule has 1 amide bonds. The molecule has 4 rings (SSSR count). The highest BCUT2D eigenvalue weighted by atomic mass is 32.2. The Labute approximate surface area is 177 Å². The maximum atomic E-state index is 13.7. The van der Waals surface area contributed by atoms with Crippen LogP contribution in [0.25, 0.3) is 0 Å². The monoisotopic (exact) mass is 446 g/mol. The standard InChI is InChI=1S/C21H19FN2O4S2/c22-15-6-7-20-18(12-15)19(8-10-29-20)24-21(25)14-3-1-5-17(11-14)30(26,27)23-13-16-4-2-9-28-16/h1-7,9,11-12,19,23H,8,10,13H2,(H,24,25)/t19-/m0/s1. The summed E-state index contributed by atoms with van der Waals surface area (Å²) in [5.41, 5.74) is 0.954. The van der Waals surface area contributed by atoms with E-state index in [2.05, 4.69) is 10.0 Å². The zero-order valence-corrected chi connectivity index (χ0v) is 17.4. The Balaban J connectivity index is 1.50. The molecule has 3 aromatic rings. The largest absolute Gasteiger partial charge is 0.468 e. The molecule has 0 radical (unpaired) electrons. The highest BCUT2D eigenvalue weighted by Gasteiger charge is 2.24. The Morgan fingerprint density at radius 3 is 2.83 bits per heavy atom. The molecule has 9 heteroatoms. The summed E-state index contributed by atoms with van der Waals surface area (Å²) >= 11 is 1.62. The molecule has 1 aliphatic heterocycles. The van der Waals surface area contributed by atoms with E-state index in [9.17, 15) is 17.6 Å². The number of rotatable bonds is 6. The summed E-state index contributed by atoms with van der Waals surface area (Å²) in [6, 6.07) is 13.4. The number of benzene rings is 2. The van der Waals surface area contributed by atoms with Crippen LogP contribution in [0.15, 0.2) is 75.1 Å². The molecule has 0 saturated carbocycles. The Kier molecular flexibility index (Phi) is 5.94. The first-order valence-electron chi connectivity index (χ1n) is 9.27. The van der Waals surface area contributed by atoms with Crippen LogP contribution in [-0.2, 0) is 16.6 Å². The summed E-state index contributed by atoms with van der Waals surface area (Å²) in [4.78, 5) is 13.7. The second kappa shape index (κ2) is 8.63. The fourth-order valence-corrected chi connectivity index (χ4v) is 5.37. The lowest BCUT2D eigenvalue weighted by Gasteiger charge is -2.26. The summed E-state index contributed by atoms with van der Waals surface area (Å²) in [7, 11) is -3.82. The van der Waals surface area contributed by atoms with Gasteiger partial charge in [0.2, 0.25) is 10.0 Å². The van der Waals surface area contributed by atoms with Gasteiger partial charge in [0.05, 0.1) is 23.7 Å². The van der Waals surface area contributed by atoms with Crippen molar-refractivity contribution in [3.63, 3.8) is 0 Å². The van der Waals surface area contributed by atoms with E-state index in [0.717, 1.165) is 16.2 Å². The van der Waals surface area contributed by atoms with Gasteiger partial charge in [0, 0.05) is 16.2 Å². The van der Waals surface area contributed by atoms with Gasteiger partial charge in [-0.1, -0.05) is 6.07 Å². The maximum Gasteiger partial charge on any atom is 0.251 e. The lowest BCUT2D eigenvalue weighted by atomic mass is 10.0. The average molecular weight is 447 g/mol. The van der Waals surface area contributed by atoms with Gasteiger partial charge in [0.1, 0.15) is 11.6 Å². The van der Waals surface area contributed by atoms with Gasteiger partial charge < -0.3 is 9.73 Å². The fourth-order valence-electron chi connectivity index (χ4n) is 3.22.